The van der Waals surface area contributed by atoms with Crippen molar-refractivity contribution in [2.75, 3.05) is 26.2 Å². The Hall–Kier alpha value is -2.77. The van der Waals surface area contributed by atoms with Gasteiger partial charge in [0.15, 0.2) is 11.6 Å². The second-order valence-corrected chi connectivity index (χ2v) is 8.62. The van der Waals surface area contributed by atoms with Gasteiger partial charge in [-0.3, -0.25) is 14.7 Å². The standard InChI is InChI=1S/C25H30FN3O3/c1-18-15-28(16-19(2)31-18)17-21-5-4-12-29(21)25(30)10-8-20-7-9-24(23(26)13-20)32-22-6-3-11-27-14-22/h3,6-11,13-14,18-19,21H,4-5,12,15-17H2,1-2H3/b10-8+. The number of likely N-dealkylation sites (tertiary alicyclic amines) is 1. The van der Waals surface area contributed by atoms with E-state index in [2.05, 4.69) is 23.7 Å². The van der Waals surface area contributed by atoms with Crippen molar-refractivity contribution in [3.63, 3.8) is 0 Å². The summed E-state index contributed by atoms with van der Waals surface area (Å²) in [6.07, 6.45) is 8.79. The SMILES string of the molecule is CC1CN(CC2CCCN2C(=O)/C=C/c2ccc(Oc3cccnc3)c(F)c2)CC(C)O1. The van der Waals surface area contributed by atoms with Crippen molar-refractivity contribution in [2.45, 2.75) is 44.9 Å². The number of carbonyl (C=O) groups excluding carboxylic acids is 1. The summed E-state index contributed by atoms with van der Waals surface area (Å²) < 4.78 is 25.8. The van der Waals surface area contributed by atoms with Gasteiger partial charge in [0.2, 0.25) is 5.91 Å². The molecule has 1 aromatic heterocycles. The Morgan fingerprint density at radius 1 is 1.28 bits per heavy atom. The zero-order chi connectivity index (χ0) is 22.5. The highest BCUT2D eigenvalue weighted by Gasteiger charge is 2.31. The topological polar surface area (TPSA) is 54.9 Å². The van der Waals surface area contributed by atoms with Crippen molar-refractivity contribution in [1.29, 1.82) is 0 Å². The van der Waals surface area contributed by atoms with Crippen LogP contribution in [0.1, 0.15) is 32.3 Å². The van der Waals surface area contributed by atoms with Crippen LogP contribution in [-0.4, -0.2) is 65.1 Å². The smallest absolute Gasteiger partial charge is 0.246 e. The number of ether oxygens (including phenoxy) is 2. The number of pyridine rings is 1. The van der Waals surface area contributed by atoms with Crippen LogP contribution in [0.2, 0.25) is 0 Å². The average molecular weight is 440 g/mol. The van der Waals surface area contributed by atoms with Gasteiger partial charge in [0, 0.05) is 44.5 Å². The largest absolute Gasteiger partial charge is 0.453 e. The lowest BCUT2D eigenvalue weighted by Crippen LogP contribution is -2.50. The van der Waals surface area contributed by atoms with Crippen LogP contribution in [0.4, 0.5) is 4.39 Å². The Labute approximate surface area is 188 Å². The molecule has 4 rings (SSSR count). The van der Waals surface area contributed by atoms with Gasteiger partial charge < -0.3 is 14.4 Å². The fraction of sp³-hybridized carbons (Fsp3) is 0.440. The molecular weight excluding hydrogens is 409 g/mol. The van der Waals surface area contributed by atoms with Gasteiger partial charge in [-0.25, -0.2) is 4.39 Å². The van der Waals surface area contributed by atoms with Crippen molar-refractivity contribution >= 4 is 12.0 Å². The number of nitrogens with zero attached hydrogens (tertiary/aromatic N) is 3. The van der Waals surface area contributed by atoms with E-state index < -0.39 is 5.82 Å². The molecule has 0 spiro atoms. The highest BCUT2D eigenvalue weighted by Crippen LogP contribution is 2.25. The molecule has 3 unspecified atom stereocenters. The van der Waals surface area contributed by atoms with Gasteiger partial charge in [-0.1, -0.05) is 6.07 Å². The molecule has 2 aromatic rings. The Morgan fingerprint density at radius 3 is 2.81 bits per heavy atom. The number of amides is 1. The quantitative estimate of drug-likeness (QED) is 0.634. The van der Waals surface area contributed by atoms with Gasteiger partial charge in [-0.05, 0) is 62.6 Å². The first kappa shape index (κ1) is 22.4. The Balaban J connectivity index is 1.36. The van der Waals surface area contributed by atoms with Crippen molar-refractivity contribution in [3.05, 3.63) is 60.2 Å². The molecule has 2 saturated heterocycles. The number of morpholine rings is 1. The van der Waals surface area contributed by atoms with E-state index in [4.69, 9.17) is 9.47 Å². The molecule has 32 heavy (non-hydrogen) atoms. The van der Waals surface area contributed by atoms with Gasteiger partial charge >= 0.3 is 0 Å². The van der Waals surface area contributed by atoms with Crippen LogP contribution in [0.15, 0.2) is 48.8 Å². The van der Waals surface area contributed by atoms with Crippen LogP contribution in [-0.2, 0) is 9.53 Å². The van der Waals surface area contributed by atoms with E-state index in [0.29, 0.717) is 11.3 Å². The molecule has 2 aliphatic heterocycles. The zero-order valence-electron chi connectivity index (χ0n) is 18.6. The van der Waals surface area contributed by atoms with E-state index in [0.717, 1.165) is 39.0 Å². The number of carbonyl (C=O) groups is 1. The molecule has 2 fully saturated rings. The highest BCUT2D eigenvalue weighted by molar-refractivity contribution is 5.92. The van der Waals surface area contributed by atoms with Crippen LogP contribution in [0, 0.1) is 5.82 Å². The molecule has 3 heterocycles. The summed E-state index contributed by atoms with van der Waals surface area (Å²) in [5.41, 5.74) is 0.612. The molecule has 1 aromatic carbocycles. The highest BCUT2D eigenvalue weighted by atomic mass is 19.1. The molecule has 3 atom stereocenters. The van der Waals surface area contributed by atoms with E-state index in [1.54, 1.807) is 42.6 Å². The van der Waals surface area contributed by atoms with E-state index in [9.17, 15) is 9.18 Å². The molecule has 6 nitrogen and oxygen atoms in total. The molecule has 0 radical (unpaired) electrons. The Morgan fingerprint density at radius 2 is 2.09 bits per heavy atom. The van der Waals surface area contributed by atoms with Crippen molar-refractivity contribution in [3.8, 4) is 11.5 Å². The lowest BCUT2D eigenvalue weighted by molar-refractivity contribution is -0.127. The van der Waals surface area contributed by atoms with E-state index >= 15 is 0 Å². The minimum absolute atomic E-state index is 0.0297. The monoisotopic (exact) mass is 439 g/mol. The average Bonchev–Trinajstić information content (AvgIpc) is 3.22. The summed E-state index contributed by atoms with van der Waals surface area (Å²) in [5.74, 6) is 0.0695. The molecule has 0 N–H and O–H groups in total. The molecule has 0 bridgehead atoms. The van der Waals surface area contributed by atoms with Crippen molar-refractivity contribution < 1.29 is 18.7 Å². The Kier molecular flexibility index (Phi) is 7.17. The Bertz CT molecular complexity index is 943. The molecule has 2 aliphatic rings. The molecule has 1 amide bonds. The third-order valence-corrected chi connectivity index (χ3v) is 5.86. The summed E-state index contributed by atoms with van der Waals surface area (Å²) >= 11 is 0. The van der Waals surface area contributed by atoms with E-state index in [1.165, 1.54) is 12.3 Å². The summed E-state index contributed by atoms with van der Waals surface area (Å²) in [5, 5.41) is 0. The minimum atomic E-state index is -0.488. The van der Waals surface area contributed by atoms with Crippen LogP contribution in [0.5, 0.6) is 11.5 Å². The first-order valence-corrected chi connectivity index (χ1v) is 11.2. The number of rotatable bonds is 6. The van der Waals surface area contributed by atoms with Crippen LogP contribution in [0.3, 0.4) is 0 Å². The minimum Gasteiger partial charge on any atom is -0.453 e. The summed E-state index contributed by atoms with van der Waals surface area (Å²) in [6, 6.07) is 8.30. The maximum atomic E-state index is 14.5. The molecule has 0 aliphatic carbocycles. The normalized spacial score (nSPS) is 24.2. The van der Waals surface area contributed by atoms with E-state index in [1.807, 2.05) is 4.90 Å². The van der Waals surface area contributed by atoms with Crippen LogP contribution < -0.4 is 4.74 Å². The van der Waals surface area contributed by atoms with Gasteiger partial charge in [-0.15, -0.1) is 0 Å². The van der Waals surface area contributed by atoms with Gasteiger partial charge in [-0.2, -0.15) is 0 Å². The number of benzene rings is 1. The van der Waals surface area contributed by atoms with Crippen molar-refractivity contribution in [2.24, 2.45) is 0 Å². The molecule has 0 saturated carbocycles. The first-order valence-electron chi connectivity index (χ1n) is 11.2. The number of halogens is 1. The maximum Gasteiger partial charge on any atom is 0.246 e. The second kappa shape index (κ2) is 10.2. The van der Waals surface area contributed by atoms with Gasteiger partial charge in [0.25, 0.3) is 0 Å². The number of hydrogen-bond donors (Lipinski definition) is 0. The maximum absolute atomic E-state index is 14.5. The third-order valence-electron chi connectivity index (χ3n) is 5.86. The predicted octanol–water partition coefficient (Wildman–Crippen LogP) is 4.13. The van der Waals surface area contributed by atoms with Crippen molar-refractivity contribution in [1.82, 2.24) is 14.8 Å². The second-order valence-electron chi connectivity index (χ2n) is 8.62. The summed E-state index contributed by atoms with van der Waals surface area (Å²) in [4.78, 5) is 21.2. The number of hydrogen-bond acceptors (Lipinski definition) is 5. The number of aromatic nitrogens is 1. The van der Waals surface area contributed by atoms with Crippen LogP contribution in [0.25, 0.3) is 6.08 Å². The zero-order valence-corrected chi connectivity index (χ0v) is 18.6. The summed E-state index contributed by atoms with van der Waals surface area (Å²) in [7, 11) is 0. The van der Waals surface area contributed by atoms with Gasteiger partial charge in [0.05, 0.1) is 18.4 Å². The van der Waals surface area contributed by atoms with E-state index in [-0.39, 0.29) is 29.9 Å². The predicted molar refractivity (Wildman–Crippen MR) is 121 cm³/mol. The fourth-order valence-electron chi connectivity index (χ4n) is 4.55. The van der Waals surface area contributed by atoms with Crippen LogP contribution >= 0.6 is 0 Å². The molecular formula is C25H30FN3O3. The lowest BCUT2D eigenvalue weighted by Gasteiger charge is -2.38. The lowest BCUT2D eigenvalue weighted by atomic mass is 10.1. The third kappa shape index (κ3) is 5.72. The first-order chi connectivity index (χ1) is 15.5. The summed E-state index contributed by atoms with van der Waals surface area (Å²) in [6.45, 7) is 7.60. The fourth-order valence-corrected chi connectivity index (χ4v) is 4.55. The van der Waals surface area contributed by atoms with Gasteiger partial charge in [0.1, 0.15) is 5.75 Å². The molecule has 7 heteroatoms. The molecule has 170 valence electrons.